The van der Waals surface area contributed by atoms with Crippen molar-refractivity contribution in [1.29, 1.82) is 5.26 Å². The molecule has 0 saturated carbocycles. The van der Waals surface area contributed by atoms with Crippen molar-refractivity contribution in [2.75, 3.05) is 14.2 Å². The van der Waals surface area contributed by atoms with Gasteiger partial charge in [-0.2, -0.15) is 10.4 Å². The molecule has 1 N–H and O–H groups in total. The number of carbonyl (C=O) groups excluding carboxylic acids is 1. The first-order chi connectivity index (χ1) is 14.1. The monoisotopic (exact) mass is 389 g/mol. The number of nitrogens with one attached hydrogen (secondary N) is 1. The lowest BCUT2D eigenvalue weighted by atomic mass is 10.1. The van der Waals surface area contributed by atoms with Gasteiger partial charge < -0.3 is 13.9 Å². The molecular formula is C22H19N3O4. The summed E-state index contributed by atoms with van der Waals surface area (Å²) in [6.07, 6.45) is 1.54. The average Bonchev–Trinajstić information content (AvgIpc) is 3.22. The molecule has 0 aliphatic rings. The van der Waals surface area contributed by atoms with E-state index in [1.165, 1.54) is 6.21 Å². The smallest absolute Gasteiger partial charge is 0.244 e. The Bertz CT molecular complexity index is 1080. The topological polar surface area (TPSA) is 96.8 Å². The van der Waals surface area contributed by atoms with Crippen LogP contribution >= 0.6 is 0 Å². The second-order valence-corrected chi connectivity index (χ2v) is 6.02. The normalized spacial score (nSPS) is 10.5. The van der Waals surface area contributed by atoms with Gasteiger partial charge in [-0.05, 0) is 42.0 Å². The molecule has 1 aromatic heterocycles. The maximum atomic E-state index is 12.1. The lowest BCUT2D eigenvalue weighted by Crippen LogP contribution is -2.19. The molecule has 0 radical (unpaired) electrons. The molecule has 1 heterocycles. The molecule has 2 aromatic carbocycles. The Morgan fingerprint density at radius 3 is 2.69 bits per heavy atom. The highest BCUT2D eigenvalue weighted by Crippen LogP contribution is 2.27. The van der Waals surface area contributed by atoms with Crippen LogP contribution in [0.4, 0.5) is 0 Å². The van der Waals surface area contributed by atoms with Gasteiger partial charge >= 0.3 is 0 Å². The Labute approximate surface area is 168 Å². The maximum Gasteiger partial charge on any atom is 0.244 e. The van der Waals surface area contributed by atoms with E-state index in [0.717, 1.165) is 5.56 Å². The number of furan rings is 1. The van der Waals surface area contributed by atoms with E-state index in [1.54, 1.807) is 56.7 Å². The van der Waals surface area contributed by atoms with E-state index in [2.05, 4.69) is 16.6 Å². The summed E-state index contributed by atoms with van der Waals surface area (Å²) in [6, 6.07) is 18.0. The minimum atomic E-state index is -0.282. The van der Waals surface area contributed by atoms with Gasteiger partial charge in [-0.25, -0.2) is 5.43 Å². The summed E-state index contributed by atoms with van der Waals surface area (Å²) in [7, 11) is 3.09. The molecule has 0 atom stereocenters. The van der Waals surface area contributed by atoms with E-state index < -0.39 is 0 Å². The maximum absolute atomic E-state index is 12.1. The Morgan fingerprint density at radius 1 is 1.14 bits per heavy atom. The standard InChI is InChI=1S/C22H19N3O4/c1-27-20-9-7-15(11-21(20)28-2)12-22(26)25-24-14-17-8-10-19(29-17)18-6-4-3-5-16(18)13-23/h3-11,14H,12H2,1-2H3,(H,25,26). The van der Waals surface area contributed by atoms with Crippen LogP contribution < -0.4 is 14.9 Å². The summed E-state index contributed by atoms with van der Waals surface area (Å²) in [6.45, 7) is 0. The largest absolute Gasteiger partial charge is 0.493 e. The minimum Gasteiger partial charge on any atom is -0.493 e. The first-order valence-electron chi connectivity index (χ1n) is 8.76. The molecule has 146 valence electrons. The fraction of sp³-hybridized carbons (Fsp3) is 0.136. The summed E-state index contributed by atoms with van der Waals surface area (Å²) < 4.78 is 16.1. The van der Waals surface area contributed by atoms with Gasteiger partial charge in [0.1, 0.15) is 11.5 Å². The molecule has 29 heavy (non-hydrogen) atoms. The number of ether oxygens (including phenoxy) is 2. The zero-order valence-corrected chi connectivity index (χ0v) is 16.0. The van der Waals surface area contributed by atoms with Crippen molar-refractivity contribution >= 4 is 12.1 Å². The van der Waals surface area contributed by atoms with Crippen LogP contribution in [0.1, 0.15) is 16.9 Å². The number of carbonyl (C=O) groups is 1. The molecule has 3 rings (SSSR count). The number of rotatable bonds is 7. The van der Waals surface area contributed by atoms with Gasteiger partial charge in [0.05, 0.1) is 38.5 Å². The number of methoxy groups -OCH3 is 2. The molecular weight excluding hydrogens is 370 g/mol. The van der Waals surface area contributed by atoms with E-state index in [-0.39, 0.29) is 12.3 Å². The molecule has 7 nitrogen and oxygen atoms in total. The summed E-state index contributed by atoms with van der Waals surface area (Å²) in [5, 5.41) is 13.1. The van der Waals surface area contributed by atoms with Crippen LogP contribution in [0.5, 0.6) is 11.5 Å². The van der Waals surface area contributed by atoms with Crippen molar-refractivity contribution in [2.45, 2.75) is 6.42 Å². The molecule has 0 fully saturated rings. The Hall–Kier alpha value is -4.05. The van der Waals surface area contributed by atoms with Gasteiger partial charge in [-0.3, -0.25) is 4.79 Å². The quantitative estimate of drug-likeness (QED) is 0.492. The second-order valence-electron chi connectivity index (χ2n) is 6.02. The molecule has 0 saturated heterocycles. The van der Waals surface area contributed by atoms with Crippen LogP contribution in [0.2, 0.25) is 0 Å². The number of hydrogen-bond donors (Lipinski definition) is 1. The molecule has 0 spiro atoms. The van der Waals surface area contributed by atoms with Crippen molar-refractivity contribution in [1.82, 2.24) is 5.43 Å². The summed E-state index contributed by atoms with van der Waals surface area (Å²) >= 11 is 0. The fourth-order valence-electron chi connectivity index (χ4n) is 2.75. The summed E-state index contributed by atoms with van der Waals surface area (Å²) in [4.78, 5) is 12.1. The molecule has 0 unspecified atom stereocenters. The first kappa shape index (κ1) is 19.7. The highest BCUT2D eigenvalue weighted by Gasteiger charge is 2.09. The van der Waals surface area contributed by atoms with Crippen LogP contribution in [0.3, 0.4) is 0 Å². The van der Waals surface area contributed by atoms with E-state index in [0.29, 0.717) is 34.1 Å². The second kappa shape index (κ2) is 9.24. The minimum absolute atomic E-state index is 0.136. The number of nitriles is 1. The van der Waals surface area contributed by atoms with E-state index in [4.69, 9.17) is 13.9 Å². The van der Waals surface area contributed by atoms with E-state index >= 15 is 0 Å². The lowest BCUT2D eigenvalue weighted by Gasteiger charge is -2.09. The van der Waals surface area contributed by atoms with Gasteiger partial charge in [0.25, 0.3) is 0 Å². The molecule has 0 aliphatic carbocycles. The highest BCUT2D eigenvalue weighted by molar-refractivity contribution is 5.82. The zero-order chi connectivity index (χ0) is 20.6. The number of amides is 1. The first-order valence-corrected chi connectivity index (χ1v) is 8.76. The zero-order valence-electron chi connectivity index (χ0n) is 16.0. The SMILES string of the molecule is COc1ccc(CC(=O)NN=Cc2ccc(-c3ccccc3C#N)o2)cc1OC. The Morgan fingerprint density at radius 2 is 1.93 bits per heavy atom. The fourth-order valence-corrected chi connectivity index (χ4v) is 2.75. The van der Waals surface area contributed by atoms with E-state index in [9.17, 15) is 10.1 Å². The number of nitrogens with zero attached hydrogens (tertiary/aromatic N) is 2. The van der Waals surface area contributed by atoms with Crippen LogP contribution in [-0.4, -0.2) is 26.3 Å². The van der Waals surface area contributed by atoms with Crippen molar-refractivity contribution < 1.29 is 18.7 Å². The lowest BCUT2D eigenvalue weighted by molar-refractivity contribution is -0.120. The number of benzene rings is 2. The average molecular weight is 389 g/mol. The van der Waals surface area contributed by atoms with Gasteiger partial charge in [-0.15, -0.1) is 0 Å². The van der Waals surface area contributed by atoms with Gasteiger partial charge in [0, 0.05) is 5.56 Å². The third-order valence-electron chi connectivity index (χ3n) is 4.13. The van der Waals surface area contributed by atoms with Crippen molar-refractivity contribution in [3.8, 4) is 28.9 Å². The van der Waals surface area contributed by atoms with Gasteiger partial charge in [0.15, 0.2) is 11.5 Å². The molecule has 0 bridgehead atoms. The number of hydrazone groups is 1. The third-order valence-corrected chi connectivity index (χ3v) is 4.13. The predicted molar refractivity (Wildman–Crippen MR) is 108 cm³/mol. The molecule has 3 aromatic rings. The van der Waals surface area contributed by atoms with E-state index in [1.807, 2.05) is 12.1 Å². The molecule has 7 heteroatoms. The van der Waals surface area contributed by atoms with Gasteiger partial charge in [0.2, 0.25) is 5.91 Å². The Balaban J connectivity index is 1.61. The van der Waals surface area contributed by atoms with Crippen LogP contribution in [0.15, 0.2) is 64.1 Å². The van der Waals surface area contributed by atoms with Crippen LogP contribution in [0, 0.1) is 11.3 Å². The number of hydrogen-bond acceptors (Lipinski definition) is 6. The van der Waals surface area contributed by atoms with Crippen molar-refractivity contribution in [2.24, 2.45) is 5.10 Å². The van der Waals surface area contributed by atoms with Crippen LogP contribution in [0.25, 0.3) is 11.3 Å². The summed E-state index contributed by atoms with van der Waals surface area (Å²) in [5.41, 5.74) is 4.45. The molecule has 1 amide bonds. The van der Waals surface area contributed by atoms with Crippen molar-refractivity contribution in [3.05, 3.63) is 71.5 Å². The molecule has 0 aliphatic heterocycles. The Kier molecular flexibility index (Phi) is 6.28. The third kappa shape index (κ3) is 4.82. The van der Waals surface area contributed by atoms with Crippen LogP contribution in [-0.2, 0) is 11.2 Å². The summed E-state index contributed by atoms with van der Waals surface area (Å²) in [5.74, 6) is 1.89. The predicted octanol–water partition coefficient (Wildman–Crippen LogP) is 3.53. The van der Waals surface area contributed by atoms with Crippen molar-refractivity contribution in [3.63, 3.8) is 0 Å². The van der Waals surface area contributed by atoms with Gasteiger partial charge in [-0.1, -0.05) is 18.2 Å². The highest BCUT2D eigenvalue weighted by atomic mass is 16.5.